The lowest BCUT2D eigenvalue weighted by atomic mass is 9.84. The summed E-state index contributed by atoms with van der Waals surface area (Å²) in [5.74, 6) is 1.35. The van der Waals surface area contributed by atoms with Crippen LogP contribution < -0.4 is 4.74 Å². The second kappa shape index (κ2) is 16.4. The standard InChI is InChI=1S/C48H48N2O/c1-33-29-43(34(2)38-19-11-7-12-20-38)47(44(30-33)35(3)39-21-13-8-14-22-39)49-27-28-50-48-45(36(4)40-23-15-9-16-24-40)31-42(51-6)32-46(48)37(5)41-25-17-10-18-26-41/h7-32,34-37H,1-6H3/t34-,35-,36-,37-/m1/s1. The minimum Gasteiger partial charge on any atom is -0.497 e. The lowest BCUT2D eigenvalue weighted by Crippen LogP contribution is -2.04. The largest absolute Gasteiger partial charge is 0.497 e. The fourth-order valence-corrected chi connectivity index (χ4v) is 7.12. The number of benzene rings is 6. The fraction of sp³-hybridized carbons (Fsp3) is 0.208. The molecule has 0 N–H and O–H groups in total. The van der Waals surface area contributed by atoms with Crippen LogP contribution in [0, 0.1) is 6.92 Å². The van der Waals surface area contributed by atoms with Gasteiger partial charge in [0.2, 0.25) is 0 Å². The molecule has 0 heterocycles. The van der Waals surface area contributed by atoms with E-state index in [1.807, 2.05) is 12.4 Å². The SMILES string of the molecule is COc1cc([C@H](C)c2ccccc2)c(N=CC=Nc2c([C@H](C)c3ccccc3)cc(C)cc2[C@H](C)c2ccccc2)c([C@H](C)c2ccccc2)c1. The molecule has 3 nitrogen and oxygen atoms in total. The summed E-state index contributed by atoms with van der Waals surface area (Å²) >= 11 is 0. The Kier molecular flexibility index (Phi) is 11.4. The van der Waals surface area contributed by atoms with Crippen molar-refractivity contribution in [2.45, 2.75) is 58.3 Å². The molecule has 0 amide bonds. The summed E-state index contributed by atoms with van der Waals surface area (Å²) in [5.41, 5.74) is 12.9. The molecule has 0 aromatic heterocycles. The van der Waals surface area contributed by atoms with Crippen LogP contribution in [-0.2, 0) is 0 Å². The molecule has 0 fully saturated rings. The van der Waals surface area contributed by atoms with Gasteiger partial charge in [-0.3, -0.25) is 9.98 Å². The van der Waals surface area contributed by atoms with Crippen LogP contribution in [0.4, 0.5) is 11.4 Å². The van der Waals surface area contributed by atoms with Gasteiger partial charge in [0, 0.05) is 36.1 Å². The predicted molar refractivity (Wildman–Crippen MR) is 216 cm³/mol. The molecule has 0 aliphatic heterocycles. The Morgan fingerprint density at radius 1 is 0.431 bits per heavy atom. The molecule has 0 radical (unpaired) electrons. The molecule has 0 bridgehead atoms. The van der Waals surface area contributed by atoms with Crippen molar-refractivity contribution >= 4 is 23.8 Å². The van der Waals surface area contributed by atoms with Crippen LogP contribution in [0.25, 0.3) is 0 Å². The van der Waals surface area contributed by atoms with E-state index in [1.54, 1.807) is 7.11 Å². The molecule has 3 heteroatoms. The van der Waals surface area contributed by atoms with Gasteiger partial charge in [0.15, 0.2) is 0 Å². The van der Waals surface area contributed by atoms with Crippen LogP contribution in [0.5, 0.6) is 5.75 Å². The molecule has 0 aliphatic rings. The van der Waals surface area contributed by atoms with Gasteiger partial charge in [-0.2, -0.15) is 0 Å². The van der Waals surface area contributed by atoms with E-state index < -0.39 is 0 Å². The number of nitrogens with zero attached hydrogens (tertiary/aromatic N) is 2. The molecular formula is C48H48N2O. The normalized spacial score (nSPS) is 14.0. The second-order valence-electron chi connectivity index (χ2n) is 13.5. The third-order valence-electron chi connectivity index (χ3n) is 10.2. The Labute approximate surface area is 304 Å². The number of aliphatic imine (C=N–C) groups is 2. The Hall–Kier alpha value is -5.54. The molecular weight excluding hydrogens is 621 g/mol. The van der Waals surface area contributed by atoms with Gasteiger partial charge in [-0.1, -0.05) is 167 Å². The van der Waals surface area contributed by atoms with Gasteiger partial charge in [0.1, 0.15) is 5.75 Å². The average molecular weight is 669 g/mol. The maximum Gasteiger partial charge on any atom is 0.119 e. The highest BCUT2D eigenvalue weighted by atomic mass is 16.5. The smallest absolute Gasteiger partial charge is 0.119 e. The van der Waals surface area contributed by atoms with E-state index in [9.17, 15) is 0 Å². The molecule has 0 aliphatic carbocycles. The number of ether oxygens (including phenoxy) is 1. The molecule has 0 saturated heterocycles. The van der Waals surface area contributed by atoms with Crippen LogP contribution in [-0.4, -0.2) is 19.5 Å². The maximum absolute atomic E-state index is 5.88. The van der Waals surface area contributed by atoms with Gasteiger partial charge in [-0.05, 0) is 63.6 Å². The van der Waals surface area contributed by atoms with Crippen molar-refractivity contribution in [2.75, 3.05) is 7.11 Å². The van der Waals surface area contributed by atoms with Crippen LogP contribution in [0.1, 0.15) is 101 Å². The first-order chi connectivity index (χ1) is 24.9. The molecule has 0 saturated carbocycles. The van der Waals surface area contributed by atoms with Crippen molar-refractivity contribution in [1.82, 2.24) is 0 Å². The molecule has 0 unspecified atom stereocenters. The van der Waals surface area contributed by atoms with E-state index >= 15 is 0 Å². The van der Waals surface area contributed by atoms with Gasteiger partial charge in [-0.25, -0.2) is 0 Å². The summed E-state index contributed by atoms with van der Waals surface area (Å²) in [6, 6.07) is 51.5. The molecule has 6 aromatic rings. The second-order valence-corrected chi connectivity index (χ2v) is 13.5. The van der Waals surface area contributed by atoms with Gasteiger partial charge in [-0.15, -0.1) is 0 Å². The molecule has 6 aromatic carbocycles. The van der Waals surface area contributed by atoms with Crippen LogP contribution in [0.2, 0.25) is 0 Å². The summed E-state index contributed by atoms with van der Waals surface area (Å²) in [7, 11) is 1.74. The summed E-state index contributed by atoms with van der Waals surface area (Å²) in [6.07, 6.45) is 3.75. The minimum atomic E-state index is 0.0980. The van der Waals surface area contributed by atoms with Crippen molar-refractivity contribution in [1.29, 1.82) is 0 Å². The minimum absolute atomic E-state index is 0.0980. The molecule has 256 valence electrons. The predicted octanol–water partition coefficient (Wildman–Crippen LogP) is 12.7. The third kappa shape index (κ3) is 8.10. The van der Waals surface area contributed by atoms with Gasteiger partial charge in [0.25, 0.3) is 0 Å². The van der Waals surface area contributed by atoms with E-state index in [-0.39, 0.29) is 23.7 Å². The number of aryl methyl sites for hydroxylation is 1. The Morgan fingerprint density at radius 3 is 0.980 bits per heavy atom. The highest BCUT2D eigenvalue weighted by Gasteiger charge is 2.23. The zero-order valence-electron chi connectivity index (χ0n) is 30.6. The van der Waals surface area contributed by atoms with E-state index in [0.717, 1.165) is 28.3 Å². The Morgan fingerprint density at radius 2 is 0.706 bits per heavy atom. The number of hydrogen-bond acceptors (Lipinski definition) is 3. The van der Waals surface area contributed by atoms with Crippen molar-refractivity contribution in [3.63, 3.8) is 0 Å². The van der Waals surface area contributed by atoms with E-state index in [2.05, 4.69) is 180 Å². The zero-order chi connectivity index (χ0) is 35.7. The van der Waals surface area contributed by atoms with Crippen molar-refractivity contribution < 1.29 is 4.74 Å². The van der Waals surface area contributed by atoms with E-state index in [1.165, 1.54) is 38.9 Å². The topological polar surface area (TPSA) is 34.0 Å². The number of hydrogen-bond donors (Lipinski definition) is 0. The summed E-state index contributed by atoms with van der Waals surface area (Å²) in [5, 5.41) is 0. The van der Waals surface area contributed by atoms with E-state index in [4.69, 9.17) is 14.7 Å². The fourth-order valence-electron chi connectivity index (χ4n) is 7.12. The highest BCUT2D eigenvalue weighted by molar-refractivity contribution is 6.17. The molecule has 4 atom stereocenters. The lowest BCUT2D eigenvalue weighted by Gasteiger charge is -2.23. The van der Waals surface area contributed by atoms with Crippen LogP contribution >= 0.6 is 0 Å². The lowest BCUT2D eigenvalue weighted by molar-refractivity contribution is 0.413. The Balaban J connectivity index is 1.48. The number of rotatable bonds is 12. The first kappa shape index (κ1) is 35.3. The Bertz CT molecular complexity index is 1950. The van der Waals surface area contributed by atoms with Crippen LogP contribution in [0.15, 0.2) is 156 Å². The zero-order valence-corrected chi connectivity index (χ0v) is 30.6. The van der Waals surface area contributed by atoms with Crippen LogP contribution in [0.3, 0.4) is 0 Å². The van der Waals surface area contributed by atoms with Gasteiger partial charge >= 0.3 is 0 Å². The van der Waals surface area contributed by atoms with Crippen molar-refractivity contribution in [2.24, 2.45) is 9.98 Å². The van der Waals surface area contributed by atoms with Crippen molar-refractivity contribution in [3.8, 4) is 5.75 Å². The van der Waals surface area contributed by atoms with Gasteiger partial charge in [0.05, 0.1) is 18.5 Å². The van der Waals surface area contributed by atoms with Gasteiger partial charge < -0.3 is 4.74 Å². The summed E-state index contributed by atoms with van der Waals surface area (Å²) in [4.78, 5) is 10.5. The first-order valence-electron chi connectivity index (χ1n) is 18.0. The monoisotopic (exact) mass is 668 g/mol. The summed E-state index contributed by atoms with van der Waals surface area (Å²) < 4.78 is 5.88. The van der Waals surface area contributed by atoms with E-state index in [0.29, 0.717) is 0 Å². The third-order valence-corrected chi connectivity index (χ3v) is 10.2. The average Bonchev–Trinajstić information content (AvgIpc) is 3.19. The van der Waals surface area contributed by atoms with Crippen molar-refractivity contribution in [3.05, 3.63) is 196 Å². The summed E-state index contributed by atoms with van der Waals surface area (Å²) in [6.45, 7) is 11.2. The quantitative estimate of drug-likeness (QED) is 0.120. The maximum atomic E-state index is 5.88. The molecule has 0 spiro atoms. The number of methoxy groups -OCH3 is 1. The highest BCUT2D eigenvalue weighted by Crippen LogP contribution is 2.43. The first-order valence-corrected chi connectivity index (χ1v) is 18.0. The molecule has 6 rings (SSSR count). The molecule has 51 heavy (non-hydrogen) atoms.